The Hall–Kier alpha value is -1.50. The van der Waals surface area contributed by atoms with Crippen LogP contribution in [0.15, 0.2) is 0 Å². The van der Waals surface area contributed by atoms with Crippen molar-refractivity contribution >= 4 is 5.97 Å². The lowest BCUT2D eigenvalue weighted by Crippen LogP contribution is -2.39. The van der Waals surface area contributed by atoms with E-state index in [1.807, 2.05) is 4.68 Å². The summed E-state index contributed by atoms with van der Waals surface area (Å²) in [4.78, 5) is 13.8. The van der Waals surface area contributed by atoms with E-state index in [4.69, 9.17) is 4.74 Å². The molecule has 1 fully saturated rings. The molecule has 0 aliphatic carbocycles. The highest BCUT2D eigenvalue weighted by molar-refractivity contribution is 5.72. The highest BCUT2D eigenvalue weighted by Gasteiger charge is 2.27. The average molecular weight is 267 g/mol. The summed E-state index contributed by atoms with van der Waals surface area (Å²) in [6, 6.07) is 0. The van der Waals surface area contributed by atoms with Gasteiger partial charge in [-0.25, -0.2) is 4.68 Å². The number of likely N-dealkylation sites (tertiary alicyclic amines) is 1. The third kappa shape index (κ3) is 3.50. The first kappa shape index (κ1) is 13.9. The van der Waals surface area contributed by atoms with Crippen molar-refractivity contribution < 1.29 is 9.53 Å². The first-order valence-electron chi connectivity index (χ1n) is 6.79. The van der Waals surface area contributed by atoms with Crippen LogP contribution in [0.5, 0.6) is 0 Å². The number of carbonyl (C=O) groups excluding carboxylic acids is 1. The van der Waals surface area contributed by atoms with Crippen molar-refractivity contribution in [2.45, 2.75) is 39.3 Å². The van der Waals surface area contributed by atoms with Crippen molar-refractivity contribution in [3.63, 3.8) is 0 Å². The third-order valence-corrected chi connectivity index (χ3v) is 3.45. The summed E-state index contributed by atoms with van der Waals surface area (Å²) in [6.07, 6.45) is 2.92. The molecule has 0 saturated carbocycles. The predicted octanol–water partition coefficient (Wildman–Crippen LogP) is 0.468. The predicted molar refractivity (Wildman–Crippen MR) is 68.1 cm³/mol. The van der Waals surface area contributed by atoms with Gasteiger partial charge in [-0.3, -0.25) is 9.69 Å². The minimum Gasteiger partial charge on any atom is -0.469 e. The number of rotatable bonds is 5. The number of tetrazole rings is 1. The zero-order chi connectivity index (χ0) is 13.7. The molecule has 0 unspecified atom stereocenters. The second-order valence-electron chi connectivity index (χ2n) is 4.92. The van der Waals surface area contributed by atoms with Crippen molar-refractivity contribution in [1.29, 1.82) is 0 Å². The number of hydrogen-bond acceptors (Lipinski definition) is 6. The molecular weight excluding hydrogens is 246 g/mol. The average Bonchev–Trinajstić information content (AvgIpc) is 2.86. The number of piperidine rings is 1. The van der Waals surface area contributed by atoms with Crippen LogP contribution in [0.4, 0.5) is 0 Å². The molecule has 1 saturated heterocycles. The minimum absolute atomic E-state index is 0.0192. The molecule has 1 aromatic rings. The van der Waals surface area contributed by atoms with Gasteiger partial charge in [-0.2, -0.15) is 0 Å². The van der Waals surface area contributed by atoms with Gasteiger partial charge < -0.3 is 4.74 Å². The smallest absolute Gasteiger partial charge is 0.309 e. The van der Waals surface area contributed by atoms with Crippen LogP contribution in [0.3, 0.4) is 0 Å². The number of aromatic nitrogens is 4. The van der Waals surface area contributed by atoms with Crippen molar-refractivity contribution in [3.05, 3.63) is 5.82 Å². The highest BCUT2D eigenvalue weighted by atomic mass is 16.5. The first-order chi connectivity index (χ1) is 9.24. The molecule has 2 heterocycles. The van der Waals surface area contributed by atoms with Gasteiger partial charge in [-0.1, -0.05) is 6.92 Å². The number of nitrogens with zero attached hydrogens (tertiary/aromatic N) is 5. The molecule has 0 N–H and O–H groups in total. The van der Waals surface area contributed by atoms with Gasteiger partial charge in [0, 0.05) is 13.1 Å². The number of esters is 1. The molecule has 0 spiro atoms. The second kappa shape index (κ2) is 6.60. The molecule has 7 heteroatoms. The zero-order valence-electron chi connectivity index (χ0n) is 11.6. The molecule has 0 amide bonds. The van der Waals surface area contributed by atoms with Crippen LogP contribution in [0.2, 0.25) is 0 Å². The van der Waals surface area contributed by atoms with E-state index in [1.54, 1.807) is 0 Å². The maximum atomic E-state index is 11.6. The van der Waals surface area contributed by atoms with Gasteiger partial charge in [0.25, 0.3) is 0 Å². The van der Waals surface area contributed by atoms with E-state index in [2.05, 4.69) is 27.3 Å². The Balaban J connectivity index is 1.94. The van der Waals surface area contributed by atoms with E-state index in [1.165, 1.54) is 7.11 Å². The number of ether oxygens (including phenoxy) is 1. The Kier molecular flexibility index (Phi) is 4.84. The fraction of sp³-hybridized carbons (Fsp3) is 0.833. The number of aryl methyl sites for hydroxylation is 1. The van der Waals surface area contributed by atoms with Gasteiger partial charge >= 0.3 is 5.97 Å². The summed E-state index contributed by atoms with van der Waals surface area (Å²) in [6.45, 7) is 5.33. The van der Waals surface area contributed by atoms with E-state index >= 15 is 0 Å². The van der Waals surface area contributed by atoms with Gasteiger partial charge in [0.2, 0.25) is 0 Å². The Bertz CT molecular complexity index is 420. The van der Waals surface area contributed by atoms with Gasteiger partial charge in [-0.15, -0.1) is 5.10 Å². The molecule has 0 bridgehead atoms. The summed E-state index contributed by atoms with van der Waals surface area (Å²) in [5.74, 6) is 0.736. The van der Waals surface area contributed by atoms with E-state index in [9.17, 15) is 4.79 Å². The lowest BCUT2D eigenvalue weighted by Gasteiger charge is -2.30. The fourth-order valence-electron chi connectivity index (χ4n) is 2.48. The number of methoxy groups -OCH3 is 1. The monoisotopic (exact) mass is 267 g/mol. The highest BCUT2D eigenvalue weighted by Crippen LogP contribution is 2.19. The number of carbonyl (C=O) groups is 1. The maximum Gasteiger partial charge on any atom is 0.309 e. The topological polar surface area (TPSA) is 73.1 Å². The Morgan fingerprint density at radius 1 is 1.53 bits per heavy atom. The quantitative estimate of drug-likeness (QED) is 0.722. The van der Waals surface area contributed by atoms with Crippen molar-refractivity contribution in [2.75, 3.05) is 20.2 Å². The fourth-order valence-corrected chi connectivity index (χ4v) is 2.48. The molecule has 1 aliphatic rings. The zero-order valence-corrected chi connectivity index (χ0v) is 11.6. The van der Waals surface area contributed by atoms with E-state index in [-0.39, 0.29) is 11.9 Å². The standard InChI is InChI=1S/C12H21N5O2/c1-3-6-17-11(13-14-15-17)9-16-7-4-5-10(8-16)12(18)19-2/h10H,3-9H2,1-2H3/t10-/m0/s1. The van der Waals surface area contributed by atoms with Crippen LogP contribution >= 0.6 is 0 Å². The van der Waals surface area contributed by atoms with Crippen LogP contribution in [0.1, 0.15) is 32.0 Å². The second-order valence-corrected chi connectivity index (χ2v) is 4.92. The Morgan fingerprint density at radius 2 is 2.37 bits per heavy atom. The molecule has 7 nitrogen and oxygen atoms in total. The normalized spacial score (nSPS) is 20.4. The lowest BCUT2D eigenvalue weighted by molar-refractivity contribution is -0.147. The van der Waals surface area contributed by atoms with E-state index < -0.39 is 0 Å². The maximum absolute atomic E-state index is 11.6. The summed E-state index contributed by atoms with van der Waals surface area (Å²) in [5.41, 5.74) is 0. The molecule has 0 radical (unpaired) electrons. The molecule has 1 atom stereocenters. The molecule has 1 aromatic heterocycles. The summed E-state index contributed by atoms with van der Waals surface area (Å²) in [5, 5.41) is 11.8. The molecule has 106 valence electrons. The summed E-state index contributed by atoms with van der Waals surface area (Å²) >= 11 is 0. The van der Waals surface area contributed by atoms with Crippen molar-refractivity contribution in [1.82, 2.24) is 25.1 Å². The molecule has 19 heavy (non-hydrogen) atoms. The minimum atomic E-state index is -0.113. The van der Waals surface area contributed by atoms with Gasteiger partial charge in [-0.05, 0) is 36.2 Å². The molecule has 1 aliphatic heterocycles. The van der Waals surface area contributed by atoms with Crippen molar-refractivity contribution in [2.24, 2.45) is 5.92 Å². The third-order valence-electron chi connectivity index (χ3n) is 3.45. The van der Waals surface area contributed by atoms with E-state index in [0.717, 1.165) is 44.7 Å². The van der Waals surface area contributed by atoms with E-state index in [0.29, 0.717) is 6.54 Å². The Labute approximate surface area is 112 Å². The number of hydrogen-bond donors (Lipinski definition) is 0. The van der Waals surface area contributed by atoms with Crippen molar-refractivity contribution in [3.8, 4) is 0 Å². The van der Waals surface area contributed by atoms with Crippen LogP contribution in [0, 0.1) is 5.92 Å². The summed E-state index contributed by atoms with van der Waals surface area (Å²) in [7, 11) is 1.45. The van der Waals surface area contributed by atoms with Gasteiger partial charge in [0.1, 0.15) is 0 Å². The first-order valence-corrected chi connectivity index (χ1v) is 6.79. The van der Waals surface area contributed by atoms with Gasteiger partial charge in [0.05, 0.1) is 19.6 Å². The lowest BCUT2D eigenvalue weighted by atomic mass is 9.98. The van der Waals surface area contributed by atoms with Crippen LogP contribution in [0.25, 0.3) is 0 Å². The van der Waals surface area contributed by atoms with Crippen LogP contribution in [-0.2, 0) is 22.6 Å². The summed E-state index contributed by atoms with van der Waals surface area (Å²) < 4.78 is 6.66. The molecule has 0 aromatic carbocycles. The largest absolute Gasteiger partial charge is 0.469 e. The molecular formula is C12H21N5O2. The van der Waals surface area contributed by atoms with Crippen LogP contribution in [-0.4, -0.2) is 51.3 Å². The van der Waals surface area contributed by atoms with Crippen LogP contribution < -0.4 is 0 Å². The molecule has 2 rings (SSSR count). The SMILES string of the molecule is CCCn1nnnc1CN1CCC[C@H](C(=O)OC)C1. The Morgan fingerprint density at radius 3 is 3.11 bits per heavy atom. The van der Waals surface area contributed by atoms with Gasteiger partial charge in [0.15, 0.2) is 5.82 Å².